The fourth-order valence-corrected chi connectivity index (χ4v) is 13.8. The molecule has 8 nitrogen and oxygen atoms in total. The summed E-state index contributed by atoms with van der Waals surface area (Å²) in [5.41, 5.74) is 18.5. The molecule has 4 aromatic heterocycles. The summed E-state index contributed by atoms with van der Waals surface area (Å²) in [6.45, 7) is 22.4. The fourth-order valence-electron chi connectivity index (χ4n) is 13.8. The second-order valence-electron chi connectivity index (χ2n) is 26.8. The zero-order valence-electron chi connectivity index (χ0n) is 54.9. The second kappa shape index (κ2) is 28.1. The largest absolute Gasteiger partial charge is 0.507 e. The summed E-state index contributed by atoms with van der Waals surface area (Å²) in [5.74, 6) is 2.36. The molecule has 0 radical (unpaired) electrons. The third kappa shape index (κ3) is 13.3. The molecule has 2 N–H and O–H groups in total. The standard InChI is InChI=1S/C41H45N3O.C41H44N3O.Pt/c2*1-6-8-24-41(25-9-7-2)33-19-14-20-36(45)38(33)39-34(41)21-22-35(43-39)29-15-13-18-32(27-29)44(31-16-11-10-12-17-31)37-28-30(23-26-42-37)40(3,4)5;/h10-23,26-28,45H,6-9,24-25H2,1-5H3;10-23,26,28,45H,6-9,24-25H2,1-5H3;/q;-1;. The van der Waals surface area contributed by atoms with Gasteiger partial charge in [0.2, 0.25) is 0 Å². The van der Waals surface area contributed by atoms with Crippen molar-refractivity contribution in [1.82, 2.24) is 19.9 Å². The van der Waals surface area contributed by atoms with Gasteiger partial charge in [0.05, 0.1) is 17.1 Å². The fraction of sp³-hybridized carbons (Fsp3) is 0.317. The molecule has 0 unspecified atom stereocenters. The first-order chi connectivity index (χ1) is 43.5. The van der Waals surface area contributed by atoms with Crippen LogP contribution in [0, 0.1) is 6.07 Å². The van der Waals surface area contributed by atoms with E-state index in [9.17, 15) is 10.2 Å². The number of hydrogen-bond acceptors (Lipinski definition) is 8. The molecule has 470 valence electrons. The van der Waals surface area contributed by atoms with Crippen molar-refractivity contribution in [3.63, 3.8) is 0 Å². The molecule has 0 bridgehead atoms. The average Bonchev–Trinajstić information content (AvgIpc) is 1.58. The van der Waals surface area contributed by atoms with Crippen molar-refractivity contribution in [2.24, 2.45) is 0 Å². The van der Waals surface area contributed by atoms with Gasteiger partial charge in [-0.2, -0.15) is 0 Å². The number of hydrogen-bond donors (Lipinski definition) is 2. The molecule has 0 atom stereocenters. The first kappa shape index (κ1) is 65.8. The average molecular weight is 1390 g/mol. The summed E-state index contributed by atoms with van der Waals surface area (Å²) >= 11 is 0. The van der Waals surface area contributed by atoms with Gasteiger partial charge in [0.15, 0.2) is 0 Å². The number of unbranched alkanes of at least 4 members (excludes halogenated alkanes) is 4. The smallest absolute Gasteiger partial charge is 0.137 e. The van der Waals surface area contributed by atoms with Crippen molar-refractivity contribution >= 4 is 34.4 Å². The summed E-state index contributed by atoms with van der Waals surface area (Å²) in [5, 5.41) is 22.4. The molecule has 91 heavy (non-hydrogen) atoms. The van der Waals surface area contributed by atoms with Gasteiger partial charge in [0.25, 0.3) is 0 Å². The number of para-hydroxylation sites is 2. The molecule has 0 spiro atoms. The summed E-state index contributed by atoms with van der Waals surface area (Å²) < 4.78 is 0. The van der Waals surface area contributed by atoms with Gasteiger partial charge in [-0.1, -0.05) is 212 Å². The number of phenols is 2. The number of nitrogens with zero attached hydrogens (tertiary/aromatic N) is 6. The number of benzene rings is 6. The minimum absolute atomic E-state index is 0. The molecule has 2 aliphatic carbocycles. The molecule has 0 amide bonds. The molecule has 9 heteroatoms. The van der Waals surface area contributed by atoms with Gasteiger partial charge in [-0.3, -0.25) is 9.88 Å². The normalized spacial score (nSPS) is 13.2. The Bertz CT molecular complexity index is 3830. The van der Waals surface area contributed by atoms with Crippen LogP contribution < -0.4 is 9.80 Å². The van der Waals surface area contributed by atoms with Crippen LogP contribution in [0.15, 0.2) is 200 Å². The van der Waals surface area contributed by atoms with Crippen molar-refractivity contribution < 1.29 is 31.3 Å². The van der Waals surface area contributed by atoms with E-state index in [1.807, 2.05) is 42.7 Å². The summed E-state index contributed by atoms with van der Waals surface area (Å²) in [6.07, 6.45) is 17.1. The topological polar surface area (TPSA) is 98.5 Å². The third-order valence-corrected chi connectivity index (χ3v) is 18.6. The Hall–Kier alpha value is -8.19. The van der Waals surface area contributed by atoms with Crippen LogP contribution in [0.4, 0.5) is 34.4 Å². The Kier molecular flexibility index (Phi) is 20.3. The number of rotatable bonds is 20. The van der Waals surface area contributed by atoms with Crippen LogP contribution in [0.2, 0.25) is 0 Å². The van der Waals surface area contributed by atoms with E-state index in [4.69, 9.17) is 19.9 Å². The number of aromatic nitrogens is 4. The van der Waals surface area contributed by atoms with E-state index in [1.165, 1.54) is 33.4 Å². The van der Waals surface area contributed by atoms with Crippen molar-refractivity contribution in [2.45, 2.75) is 168 Å². The molecule has 2 aliphatic rings. The zero-order valence-corrected chi connectivity index (χ0v) is 57.2. The van der Waals surface area contributed by atoms with Gasteiger partial charge < -0.3 is 15.1 Å². The molecule has 12 rings (SSSR count). The minimum Gasteiger partial charge on any atom is -0.507 e. The van der Waals surface area contributed by atoms with Gasteiger partial charge in [-0.15, -0.1) is 29.8 Å². The van der Waals surface area contributed by atoms with Gasteiger partial charge in [0, 0.05) is 78.0 Å². The van der Waals surface area contributed by atoms with Crippen LogP contribution in [0.1, 0.15) is 180 Å². The van der Waals surface area contributed by atoms with Crippen LogP contribution in [0.5, 0.6) is 11.5 Å². The van der Waals surface area contributed by atoms with Crippen LogP contribution in [-0.4, -0.2) is 30.1 Å². The van der Waals surface area contributed by atoms with Crippen molar-refractivity contribution in [3.05, 3.63) is 240 Å². The molecule has 0 aliphatic heterocycles. The van der Waals surface area contributed by atoms with Gasteiger partial charge in [-0.25, -0.2) is 15.0 Å². The van der Waals surface area contributed by atoms with Crippen LogP contribution in [-0.2, 0) is 42.7 Å². The summed E-state index contributed by atoms with van der Waals surface area (Å²) in [6, 6.07) is 68.7. The van der Waals surface area contributed by atoms with E-state index in [-0.39, 0.29) is 42.7 Å². The van der Waals surface area contributed by atoms with Gasteiger partial charge in [-0.05, 0) is 160 Å². The van der Waals surface area contributed by atoms with E-state index in [1.54, 1.807) is 6.07 Å². The summed E-state index contributed by atoms with van der Waals surface area (Å²) in [4.78, 5) is 24.7. The van der Waals surface area contributed by atoms with E-state index in [2.05, 4.69) is 237 Å². The molecular formula is C82H89N6O2Pt-. The van der Waals surface area contributed by atoms with E-state index >= 15 is 0 Å². The molecule has 4 heterocycles. The van der Waals surface area contributed by atoms with Gasteiger partial charge >= 0.3 is 0 Å². The molecule has 0 saturated carbocycles. The number of pyridine rings is 4. The number of anilines is 6. The number of fused-ring (bicyclic) bond motifs is 6. The Morgan fingerprint density at radius 3 is 1.33 bits per heavy atom. The maximum atomic E-state index is 11.2. The Morgan fingerprint density at radius 2 is 0.846 bits per heavy atom. The zero-order chi connectivity index (χ0) is 63.2. The quantitative estimate of drug-likeness (QED) is 0.0729. The molecule has 0 fully saturated rings. The van der Waals surface area contributed by atoms with Crippen molar-refractivity contribution in [2.75, 3.05) is 9.80 Å². The molecule has 0 saturated heterocycles. The maximum absolute atomic E-state index is 11.2. The Labute approximate surface area is 556 Å². The monoisotopic (exact) mass is 1380 g/mol. The Morgan fingerprint density at radius 1 is 0.418 bits per heavy atom. The predicted octanol–water partition coefficient (Wildman–Crippen LogP) is 22.3. The molecular weight excluding hydrogens is 1300 g/mol. The third-order valence-electron chi connectivity index (χ3n) is 18.6. The first-order valence-electron chi connectivity index (χ1n) is 33.0. The van der Waals surface area contributed by atoms with Crippen LogP contribution in [0.25, 0.3) is 45.0 Å². The van der Waals surface area contributed by atoms with Crippen molar-refractivity contribution in [3.8, 4) is 56.5 Å². The van der Waals surface area contributed by atoms with E-state index in [0.717, 1.165) is 156 Å². The summed E-state index contributed by atoms with van der Waals surface area (Å²) in [7, 11) is 0. The first-order valence-corrected chi connectivity index (χ1v) is 33.0. The second-order valence-corrected chi connectivity index (χ2v) is 26.8. The molecule has 10 aromatic rings. The maximum Gasteiger partial charge on any atom is 0.137 e. The number of phenolic OH excluding ortho intramolecular Hbond substituents is 2. The van der Waals surface area contributed by atoms with Crippen LogP contribution in [0.3, 0.4) is 0 Å². The Balaban J connectivity index is 0.000000198. The SMILES string of the molecule is CCCCC1(CCCC)c2ccc(-c3[c-]c(N(c4ccccc4)c4cc(C(C)(C)C)ccn4)ccc3)nc2-c2c(O)cccc21.CCCCC1(CCCC)c2ccc(-c3cccc(N(c4ccccc4)c4cc(C(C)(C)C)ccn4)c3)nc2-c2c(O)cccc21.[Pt]. The van der Waals surface area contributed by atoms with Crippen LogP contribution >= 0.6 is 0 Å². The predicted molar refractivity (Wildman–Crippen MR) is 374 cm³/mol. The van der Waals surface area contributed by atoms with Gasteiger partial charge in [0.1, 0.15) is 23.1 Å². The molecule has 6 aromatic carbocycles. The van der Waals surface area contributed by atoms with E-state index < -0.39 is 0 Å². The van der Waals surface area contributed by atoms with Crippen molar-refractivity contribution in [1.29, 1.82) is 0 Å². The van der Waals surface area contributed by atoms with E-state index in [0.29, 0.717) is 11.5 Å². The minimum atomic E-state index is -0.125. The number of aromatic hydroxyl groups is 2.